The Labute approximate surface area is 214 Å². The number of amides is 2. The molecule has 0 radical (unpaired) electrons. The molecule has 0 unspecified atom stereocenters. The number of halogens is 2. The predicted molar refractivity (Wildman–Crippen MR) is 138 cm³/mol. The Bertz CT molecular complexity index is 1250. The average molecular weight is 510 g/mol. The first-order valence-electron chi connectivity index (χ1n) is 11.6. The SMILES string of the molecule is O=C(c1ccccc1)N1CCN(C(=O)c2cnc3c(c2)N(Cc2cc(Cl)ccc2Cl)CCN3)CC1. The van der Waals surface area contributed by atoms with Gasteiger partial charge in [0.15, 0.2) is 0 Å². The lowest BCUT2D eigenvalue weighted by atomic mass is 10.1. The van der Waals surface area contributed by atoms with Crippen LogP contribution >= 0.6 is 23.2 Å². The number of hydrogen-bond donors (Lipinski definition) is 1. The Hall–Kier alpha value is -3.29. The summed E-state index contributed by atoms with van der Waals surface area (Å²) in [5, 5.41) is 4.58. The van der Waals surface area contributed by atoms with Gasteiger partial charge in [0.05, 0.1) is 11.3 Å². The maximum atomic E-state index is 13.3. The van der Waals surface area contributed by atoms with Crippen molar-refractivity contribution in [3.8, 4) is 0 Å². The highest BCUT2D eigenvalue weighted by Gasteiger charge is 2.27. The molecule has 0 saturated carbocycles. The number of anilines is 2. The maximum Gasteiger partial charge on any atom is 0.255 e. The van der Waals surface area contributed by atoms with E-state index < -0.39 is 0 Å². The molecule has 0 atom stereocenters. The molecule has 7 nitrogen and oxygen atoms in total. The van der Waals surface area contributed by atoms with Gasteiger partial charge < -0.3 is 20.0 Å². The van der Waals surface area contributed by atoms with E-state index in [-0.39, 0.29) is 11.8 Å². The van der Waals surface area contributed by atoms with Crippen LogP contribution in [0.25, 0.3) is 0 Å². The summed E-state index contributed by atoms with van der Waals surface area (Å²) < 4.78 is 0. The molecule has 180 valence electrons. The molecule has 0 bridgehead atoms. The third-order valence-corrected chi connectivity index (χ3v) is 6.98. The van der Waals surface area contributed by atoms with Gasteiger partial charge in [0.1, 0.15) is 5.82 Å². The Morgan fingerprint density at radius 2 is 1.54 bits per heavy atom. The van der Waals surface area contributed by atoms with Crippen LogP contribution < -0.4 is 10.2 Å². The zero-order chi connectivity index (χ0) is 24.4. The second-order valence-electron chi connectivity index (χ2n) is 8.63. The van der Waals surface area contributed by atoms with Gasteiger partial charge in [-0.25, -0.2) is 4.98 Å². The number of carbonyl (C=O) groups excluding carboxylic acids is 2. The smallest absolute Gasteiger partial charge is 0.255 e. The third kappa shape index (κ3) is 5.06. The maximum absolute atomic E-state index is 13.3. The zero-order valence-corrected chi connectivity index (χ0v) is 20.6. The largest absolute Gasteiger partial charge is 0.367 e. The fraction of sp³-hybridized carbons (Fsp3) is 0.269. The Morgan fingerprint density at radius 3 is 2.26 bits per heavy atom. The lowest BCUT2D eigenvalue weighted by molar-refractivity contribution is 0.0535. The van der Waals surface area contributed by atoms with Crippen LogP contribution in [0.5, 0.6) is 0 Å². The summed E-state index contributed by atoms with van der Waals surface area (Å²) in [6.45, 7) is 4.01. The Balaban J connectivity index is 1.29. The quantitative estimate of drug-likeness (QED) is 0.563. The van der Waals surface area contributed by atoms with E-state index in [4.69, 9.17) is 23.2 Å². The van der Waals surface area contributed by atoms with Crippen LogP contribution in [-0.4, -0.2) is 65.9 Å². The minimum absolute atomic E-state index is 0.00506. The summed E-state index contributed by atoms with van der Waals surface area (Å²) in [5.74, 6) is 0.650. The summed E-state index contributed by atoms with van der Waals surface area (Å²) in [7, 11) is 0. The molecule has 3 heterocycles. The van der Waals surface area contributed by atoms with Gasteiger partial charge in [-0.15, -0.1) is 0 Å². The van der Waals surface area contributed by atoms with Crippen LogP contribution in [-0.2, 0) is 6.54 Å². The molecule has 2 amide bonds. The van der Waals surface area contributed by atoms with Gasteiger partial charge in [0, 0.05) is 67.6 Å². The average Bonchev–Trinajstić information content (AvgIpc) is 2.90. The standard InChI is InChI=1S/C26H25Cl2N5O2/c27-21-6-7-22(28)20(14-21)17-33-9-8-29-24-23(33)15-19(16-30-24)26(35)32-12-10-31(11-13-32)25(34)18-4-2-1-3-5-18/h1-7,14-16H,8-13,17H2,(H,29,30). The minimum Gasteiger partial charge on any atom is -0.367 e. The van der Waals surface area contributed by atoms with Crippen LogP contribution in [0, 0.1) is 0 Å². The minimum atomic E-state index is -0.0848. The van der Waals surface area contributed by atoms with Crippen LogP contribution in [0.4, 0.5) is 11.5 Å². The lowest BCUT2D eigenvalue weighted by Gasteiger charge is -2.35. The van der Waals surface area contributed by atoms with E-state index in [1.165, 1.54) is 0 Å². The molecular weight excluding hydrogens is 485 g/mol. The van der Waals surface area contributed by atoms with Gasteiger partial charge >= 0.3 is 0 Å². The van der Waals surface area contributed by atoms with E-state index in [1.54, 1.807) is 28.1 Å². The molecule has 5 rings (SSSR count). The molecule has 1 N–H and O–H groups in total. The summed E-state index contributed by atoms with van der Waals surface area (Å²) in [6.07, 6.45) is 1.62. The molecule has 35 heavy (non-hydrogen) atoms. The number of benzene rings is 2. The number of hydrogen-bond acceptors (Lipinski definition) is 5. The van der Waals surface area contributed by atoms with E-state index >= 15 is 0 Å². The second-order valence-corrected chi connectivity index (χ2v) is 9.47. The number of nitrogens with zero attached hydrogens (tertiary/aromatic N) is 4. The molecule has 2 aliphatic rings. The molecule has 9 heteroatoms. The zero-order valence-electron chi connectivity index (χ0n) is 19.1. The number of fused-ring (bicyclic) bond motifs is 1. The van der Waals surface area contributed by atoms with Crippen molar-refractivity contribution in [2.45, 2.75) is 6.54 Å². The lowest BCUT2D eigenvalue weighted by Crippen LogP contribution is -2.50. The summed E-state index contributed by atoms with van der Waals surface area (Å²) in [5.41, 5.74) is 2.97. The van der Waals surface area contributed by atoms with Crippen molar-refractivity contribution in [2.24, 2.45) is 0 Å². The molecular formula is C26H25Cl2N5O2. The highest BCUT2D eigenvalue weighted by molar-refractivity contribution is 6.33. The number of aromatic nitrogens is 1. The molecule has 0 spiro atoms. The van der Waals surface area contributed by atoms with Crippen LogP contribution in [0.3, 0.4) is 0 Å². The number of pyridine rings is 1. The number of piperazine rings is 1. The van der Waals surface area contributed by atoms with Crippen molar-refractivity contribution in [3.05, 3.63) is 87.5 Å². The highest BCUT2D eigenvalue weighted by atomic mass is 35.5. The van der Waals surface area contributed by atoms with Crippen molar-refractivity contribution >= 4 is 46.5 Å². The van der Waals surface area contributed by atoms with Crippen LogP contribution in [0.2, 0.25) is 10.0 Å². The fourth-order valence-electron chi connectivity index (χ4n) is 4.47. The first kappa shape index (κ1) is 23.5. The molecule has 3 aromatic rings. The van der Waals surface area contributed by atoms with Crippen molar-refractivity contribution in [1.29, 1.82) is 0 Å². The van der Waals surface area contributed by atoms with Gasteiger partial charge in [-0.05, 0) is 42.0 Å². The molecule has 1 fully saturated rings. The van der Waals surface area contributed by atoms with Crippen LogP contribution in [0.15, 0.2) is 60.8 Å². The van der Waals surface area contributed by atoms with Gasteiger partial charge in [-0.2, -0.15) is 0 Å². The summed E-state index contributed by atoms with van der Waals surface area (Å²) in [4.78, 5) is 36.3. The van der Waals surface area contributed by atoms with Crippen molar-refractivity contribution in [3.63, 3.8) is 0 Å². The predicted octanol–water partition coefficient (Wildman–Crippen LogP) is 4.42. The Morgan fingerprint density at radius 1 is 0.857 bits per heavy atom. The Kier molecular flexibility index (Phi) is 6.79. The first-order chi connectivity index (χ1) is 17.0. The van der Waals surface area contributed by atoms with Crippen molar-refractivity contribution in [1.82, 2.24) is 14.8 Å². The summed E-state index contributed by atoms with van der Waals surface area (Å²) in [6, 6.07) is 16.5. The van der Waals surface area contributed by atoms with E-state index in [0.29, 0.717) is 53.9 Å². The highest BCUT2D eigenvalue weighted by Crippen LogP contribution is 2.31. The second kappa shape index (κ2) is 10.1. The van der Waals surface area contributed by atoms with E-state index in [1.807, 2.05) is 42.5 Å². The van der Waals surface area contributed by atoms with Crippen molar-refractivity contribution in [2.75, 3.05) is 49.5 Å². The molecule has 1 saturated heterocycles. The van der Waals surface area contributed by atoms with Crippen LogP contribution in [0.1, 0.15) is 26.3 Å². The number of rotatable bonds is 4. The molecule has 1 aromatic heterocycles. The third-order valence-electron chi connectivity index (χ3n) is 6.37. The van der Waals surface area contributed by atoms with Gasteiger partial charge in [0.2, 0.25) is 0 Å². The summed E-state index contributed by atoms with van der Waals surface area (Å²) >= 11 is 12.6. The van der Waals surface area contributed by atoms with Crippen molar-refractivity contribution < 1.29 is 9.59 Å². The molecule has 0 aliphatic carbocycles. The molecule has 2 aromatic carbocycles. The normalized spacial score (nSPS) is 15.4. The fourth-order valence-corrected chi connectivity index (χ4v) is 4.84. The first-order valence-corrected chi connectivity index (χ1v) is 12.3. The van der Waals surface area contributed by atoms with E-state index in [0.717, 1.165) is 30.2 Å². The van der Waals surface area contributed by atoms with Gasteiger partial charge in [-0.1, -0.05) is 41.4 Å². The van der Waals surface area contributed by atoms with Gasteiger partial charge in [0.25, 0.3) is 11.8 Å². The van der Waals surface area contributed by atoms with Gasteiger partial charge in [-0.3, -0.25) is 9.59 Å². The van der Waals surface area contributed by atoms with E-state index in [9.17, 15) is 9.59 Å². The monoisotopic (exact) mass is 509 g/mol. The number of carbonyl (C=O) groups is 2. The van der Waals surface area contributed by atoms with E-state index in [2.05, 4.69) is 15.2 Å². The topological polar surface area (TPSA) is 68.8 Å². The number of nitrogens with one attached hydrogen (secondary N) is 1. The molecule has 2 aliphatic heterocycles.